The summed E-state index contributed by atoms with van der Waals surface area (Å²) in [6, 6.07) is 4.72. The second-order valence-corrected chi connectivity index (χ2v) is 14.8. The Morgan fingerprint density at radius 3 is 2.56 bits per heavy atom. The first-order valence-electron chi connectivity index (χ1n) is 16.7. The minimum atomic E-state index is -0.351. The van der Waals surface area contributed by atoms with E-state index in [1.807, 2.05) is 17.0 Å². The van der Waals surface area contributed by atoms with Crippen LogP contribution in [0.25, 0.3) is 0 Å². The SMILES string of the molecule is CC(C)N1c2nc(Nc3ccc(C(=O)N[C@H]4CC[C@@H](N5CCN(CC6CC6)CC5)CC4)c4c3OCC4)ncc2N(C)C(=O)[C@@H]1I. The molecule has 2 saturated carbocycles. The van der Waals surface area contributed by atoms with Gasteiger partial charge < -0.3 is 30.1 Å². The van der Waals surface area contributed by atoms with Crippen molar-refractivity contribution in [2.45, 2.75) is 81.0 Å². The Labute approximate surface area is 279 Å². The summed E-state index contributed by atoms with van der Waals surface area (Å²) in [5.74, 6) is 2.78. The van der Waals surface area contributed by atoms with E-state index in [0.29, 0.717) is 47.8 Å². The highest BCUT2D eigenvalue weighted by Crippen LogP contribution is 2.40. The highest BCUT2D eigenvalue weighted by atomic mass is 127. The Morgan fingerprint density at radius 2 is 1.84 bits per heavy atom. The maximum atomic E-state index is 13.5. The van der Waals surface area contributed by atoms with E-state index in [0.717, 1.165) is 42.9 Å². The number of halogens is 1. The monoisotopic (exact) mass is 728 g/mol. The van der Waals surface area contributed by atoms with Crippen molar-refractivity contribution in [3.8, 4) is 5.75 Å². The van der Waals surface area contributed by atoms with Gasteiger partial charge in [0.05, 0.1) is 18.5 Å². The number of nitrogens with one attached hydrogen (secondary N) is 2. The molecule has 0 spiro atoms. The van der Waals surface area contributed by atoms with Crippen molar-refractivity contribution in [1.82, 2.24) is 25.1 Å². The van der Waals surface area contributed by atoms with E-state index in [1.165, 1.54) is 45.6 Å². The van der Waals surface area contributed by atoms with Crippen LogP contribution in [0.3, 0.4) is 0 Å². The second kappa shape index (κ2) is 12.8. The quantitative estimate of drug-likeness (QED) is 0.236. The van der Waals surface area contributed by atoms with E-state index in [4.69, 9.17) is 9.72 Å². The number of anilines is 4. The molecule has 242 valence electrons. The van der Waals surface area contributed by atoms with Gasteiger partial charge in [0, 0.05) is 75.4 Å². The van der Waals surface area contributed by atoms with Crippen LogP contribution in [0, 0.1) is 5.92 Å². The van der Waals surface area contributed by atoms with Gasteiger partial charge in [-0.2, -0.15) is 4.98 Å². The number of aromatic nitrogens is 2. The number of rotatable bonds is 8. The fraction of sp³-hybridized carbons (Fsp3) is 0.636. The summed E-state index contributed by atoms with van der Waals surface area (Å²) in [7, 11) is 1.76. The molecule has 1 aromatic heterocycles. The molecule has 11 nitrogen and oxygen atoms in total. The highest BCUT2D eigenvalue weighted by molar-refractivity contribution is 14.1. The number of likely N-dealkylation sites (N-methyl/N-ethyl adjacent to an activating group) is 1. The molecule has 45 heavy (non-hydrogen) atoms. The first kappa shape index (κ1) is 30.9. The van der Waals surface area contributed by atoms with Gasteiger partial charge in [-0.15, -0.1) is 0 Å². The number of piperazine rings is 1. The summed E-state index contributed by atoms with van der Waals surface area (Å²) in [5, 5.41) is 6.68. The lowest BCUT2D eigenvalue weighted by molar-refractivity contribution is -0.117. The zero-order valence-electron chi connectivity index (χ0n) is 26.6. The Morgan fingerprint density at radius 1 is 1.09 bits per heavy atom. The van der Waals surface area contributed by atoms with Gasteiger partial charge in [0.2, 0.25) is 5.95 Å². The lowest BCUT2D eigenvalue weighted by Gasteiger charge is -2.42. The third-order valence-electron chi connectivity index (χ3n) is 10.2. The fourth-order valence-corrected chi connectivity index (χ4v) is 8.74. The van der Waals surface area contributed by atoms with Crippen molar-refractivity contribution in [2.75, 3.05) is 61.5 Å². The predicted octanol–water partition coefficient (Wildman–Crippen LogP) is 4.18. The Kier molecular flexibility index (Phi) is 8.81. The minimum absolute atomic E-state index is 0.00620. The maximum Gasteiger partial charge on any atom is 0.259 e. The van der Waals surface area contributed by atoms with Gasteiger partial charge >= 0.3 is 0 Å². The molecule has 5 aliphatic rings. The van der Waals surface area contributed by atoms with Crippen LogP contribution in [-0.2, 0) is 11.2 Å². The topological polar surface area (TPSA) is 106 Å². The van der Waals surface area contributed by atoms with Gasteiger partial charge in [0.15, 0.2) is 9.87 Å². The van der Waals surface area contributed by atoms with Crippen molar-refractivity contribution in [1.29, 1.82) is 0 Å². The van der Waals surface area contributed by atoms with Crippen LogP contribution in [0.1, 0.15) is 68.3 Å². The summed E-state index contributed by atoms with van der Waals surface area (Å²) >= 11 is 2.17. The largest absolute Gasteiger partial charge is 0.491 e. The van der Waals surface area contributed by atoms with Gasteiger partial charge in [-0.25, -0.2) is 4.98 Å². The van der Waals surface area contributed by atoms with Gasteiger partial charge in [-0.05, 0) is 93.0 Å². The van der Waals surface area contributed by atoms with Crippen LogP contribution >= 0.6 is 22.6 Å². The molecule has 2 aliphatic carbocycles. The molecule has 2 aromatic rings. The molecule has 1 saturated heterocycles. The number of hydrogen-bond donors (Lipinski definition) is 2. The van der Waals surface area contributed by atoms with Gasteiger partial charge in [-0.1, -0.05) is 0 Å². The van der Waals surface area contributed by atoms with E-state index < -0.39 is 0 Å². The normalized spacial score (nSPS) is 25.6. The molecule has 0 bridgehead atoms. The number of ether oxygens (including phenoxy) is 1. The van der Waals surface area contributed by atoms with E-state index in [-0.39, 0.29) is 27.9 Å². The number of benzene rings is 1. The van der Waals surface area contributed by atoms with Crippen LogP contribution < -0.4 is 25.2 Å². The first-order chi connectivity index (χ1) is 21.8. The molecule has 1 atom stereocenters. The van der Waals surface area contributed by atoms with Crippen molar-refractivity contribution >= 4 is 57.5 Å². The van der Waals surface area contributed by atoms with E-state index in [1.54, 1.807) is 18.1 Å². The molecule has 3 fully saturated rings. The third kappa shape index (κ3) is 6.34. The van der Waals surface area contributed by atoms with E-state index in [2.05, 4.69) is 61.9 Å². The van der Waals surface area contributed by atoms with E-state index in [9.17, 15) is 9.59 Å². The summed E-state index contributed by atoms with van der Waals surface area (Å²) in [6.07, 6.45) is 9.57. The van der Waals surface area contributed by atoms with E-state index >= 15 is 0 Å². The number of fused-ring (bicyclic) bond motifs is 2. The number of alkyl halides is 1. The number of amides is 2. The van der Waals surface area contributed by atoms with Gasteiger partial charge in [0.1, 0.15) is 11.4 Å². The third-order valence-corrected chi connectivity index (χ3v) is 11.3. The molecule has 1 aromatic carbocycles. The highest BCUT2D eigenvalue weighted by Gasteiger charge is 2.38. The molecule has 3 aliphatic heterocycles. The lowest BCUT2D eigenvalue weighted by Crippen LogP contribution is -2.52. The molecule has 0 unspecified atom stereocenters. The predicted molar refractivity (Wildman–Crippen MR) is 184 cm³/mol. The average Bonchev–Trinajstić information content (AvgIpc) is 3.71. The van der Waals surface area contributed by atoms with Crippen LogP contribution in [-0.4, -0.2) is 100 Å². The minimum Gasteiger partial charge on any atom is -0.491 e. The van der Waals surface area contributed by atoms with Crippen LogP contribution in [0.4, 0.5) is 23.1 Å². The summed E-state index contributed by atoms with van der Waals surface area (Å²) < 4.78 is 5.69. The molecule has 4 heterocycles. The second-order valence-electron chi connectivity index (χ2n) is 13.6. The van der Waals surface area contributed by atoms with Crippen molar-refractivity contribution in [3.63, 3.8) is 0 Å². The zero-order chi connectivity index (χ0) is 31.2. The molecular formula is C33H45IN8O3. The van der Waals surface area contributed by atoms with Crippen LogP contribution in [0.15, 0.2) is 18.3 Å². The van der Waals surface area contributed by atoms with Crippen LogP contribution in [0.5, 0.6) is 5.75 Å². The standard InChI is InChI=1S/C33H45IN8O3/c1-20(2)42-29(34)32(44)39(3)27-18-35-33(38-30(27)42)37-26-11-10-25(24-12-17-45-28(24)26)31(43)36-22-6-8-23(9-7-22)41-15-13-40(14-16-41)19-21-4-5-21/h10-11,18,20-23,29H,4-9,12-17,19H2,1-3H3,(H,36,43)(H,35,37,38)/t22-,23+,29-/m1/s1. The summed E-state index contributed by atoms with van der Waals surface area (Å²) in [5.41, 5.74) is 3.03. The molecule has 2 amide bonds. The molecule has 0 radical (unpaired) electrons. The van der Waals surface area contributed by atoms with Crippen molar-refractivity contribution in [3.05, 3.63) is 29.5 Å². The zero-order valence-corrected chi connectivity index (χ0v) is 28.8. The average molecular weight is 729 g/mol. The number of hydrogen-bond acceptors (Lipinski definition) is 9. The Hall–Kier alpha value is -2.71. The molecule has 7 rings (SSSR count). The maximum absolute atomic E-state index is 13.5. The lowest BCUT2D eigenvalue weighted by atomic mass is 9.89. The molecular weight excluding hydrogens is 683 g/mol. The number of carbonyl (C=O) groups is 2. The number of carbonyl (C=O) groups excluding carboxylic acids is 2. The van der Waals surface area contributed by atoms with Gasteiger partial charge in [0.25, 0.3) is 11.8 Å². The summed E-state index contributed by atoms with van der Waals surface area (Å²) in [6.45, 7) is 10.7. The summed E-state index contributed by atoms with van der Waals surface area (Å²) in [4.78, 5) is 44.7. The van der Waals surface area contributed by atoms with Crippen molar-refractivity contribution in [2.24, 2.45) is 5.92 Å². The molecule has 12 heteroatoms. The number of nitrogens with zero attached hydrogens (tertiary/aromatic N) is 6. The van der Waals surface area contributed by atoms with Crippen molar-refractivity contribution < 1.29 is 14.3 Å². The first-order valence-corrected chi connectivity index (χ1v) is 17.9. The van der Waals surface area contributed by atoms with Crippen LogP contribution in [0.2, 0.25) is 0 Å². The van der Waals surface area contributed by atoms with Gasteiger partial charge in [-0.3, -0.25) is 14.5 Å². The molecule has 2 N–H and O–H groups in total. The fourth-order valence-electron chi connectivity index (χ4n) is 7.42. The Balaban J connectivity index is 0.985. The Bertz CT molecular complexity index is 1440. The smallest absolute Gasteiger partial charge is 0.259 e.